The van der Waals surface area contributed by atoms with Crippen LogP contribution in [0.15, 0.2) is 48.5 Å². The van der Waals surface area contributed by atoms with Crippen molar-refractivity contribution in [1.29, 1.82) is 0 Å². The minimum Gasteiger partial charge on any atom is -0.493 e. The second-order valence-electron chi connectivity index (χ2n) is 5.74. The summed E-state index contributed by atoms with van der Waals surface area (Å²) in [4.78, 5) is 12.4. The molecule has 128 valence electrons. The summed E-state index contributed by atoms with van der Waals surface area (Å²) in [6.45, 7) is 3.99. The molecule has 0 aliphatic heterocycles. The van der Waals surface area contributed by atoms with Gasteiger partial charge in [-0.25, -0.2) is 0 Å². The Morgan fingerprint density at radius 2 is 1.67 bits per heavy atom. The number of rotatable bonds is 7. The molecule has 0 bridgehead atoms. The number of quaternary nitrogens is 1. The van der Waals surface area contributed by atoms with E-state index in [2.05, 4.69) is 24.4 Å². The predicted molar refractivity (Wildman–Crippen MR) is 94.4 cm³/mol. The first-order chi connectivity index (χ1) is 11.5. The Balaban J connectivity index is 1.99. The molecule has 0 fully saturated rings. The molecule has 5 nitrogen and oxygen atoms in total. The summed E-state index contributed by atoms with van der Waals surface area (Å²) in [5.74, 6) is 1.17. The van der Waals surface area contributed by atoms with Crippen molar-refractivity contribution in [2.24, 2.45) is 0 Å². The number of ether oxygens (including phenoxy) is 2. The minimum atomic E-state index is -0.215. The summed E-state index contributed by atoms with van der Waals surface area (Å²) in [5.41, 5.74) is 1.88. The third kappa shape index (κ3) is 4.49. The molecule has 5 heteroatoms. The molecule has 0 spiro atoms. The van der Waals surface area contributed by atoms with Crippen LogP contribution in [0.25, 0.3) is 0 Å². The van der Waals surface area contributed by atoms with Gasteiger partial charge in [0.15, 0.2) is 17.5 Å². The van der Waals surface area contributed by atoms with Gasteiger partial charge in [-0.1, -0.05) is 30.3 Å². The molecule has 0 heterocycles. The van der Waals surface area contributed by atoms with Gasteiger partial charge >= 0.3 is 0 Å². The quantitative estimate of drug-likeness (QED) is 0.819. The van der Waals surface area contributed by atoms with E-state index in [-0.39, 0.29) is 18.0 Å². The summed E-state index contributed by atoms with van der Waals surface area (Å²) in [6, 6.07) is 15.5. The zero-order valence-corrected chi connectivity index (χ0v) is 14.6. The van der Waals surface area contributed by atoms with Crippen molar-refractivity contribution in [1.82, 2.24) is 0 Å². The van der Waals surface area contributed by atoms with Crippen LogP contribution in [-0.4, -0.2) is 26.2 Å². The van der Waals surface area contributed by atoms with Gasteiger partial charge in [-0.2, -0.15) is 0 Å². The summed E-state index contributed by atoms with van der Waals surface area (Å²) >= 11 is 0. The molecule has 1 amide bonds. The highest BCUT2D eigenvalue weighted by Gasteiger charge is 2.20. The molecular formula is C19H25N2O3+. The van der Waals surface area contributed by atoms with Crippen molar-refractivity contribution in [3.05, 3.63) is 54.1 Å². The van der Waals surface area contributed by atoms with E-state index in [0.717, 1.165) is 0 Å². The van der Waals surface area contributed by atoms with Gasteiger partial charge < -0.3 is 20.1 Å². The Morgan fingerprint density at radius 1 is 1.00 bits per heavy atom. The molecule has 2 rings (SSSR count). The van der Waals surface area contributed by atoms with Crippen LogP contribution in [0.2, 0.25) is 0 Å². The smallest absolute Gasteiger partial charge is 0.282 e. The standard InChI is InChI=1S/C19H24N2O3/c1-13(15-8-6-5-7-9-15)20-14(2)19(22)21-16-10-11-17(23-3)18(12-16)24-4/h5-14,20H,1-4H3,(H,21,22)/p+1/t13-,14-/m1/s1. The van der Waals surface area contributed by atoms with Crippen molar-refractivity contribution in [2.45, 2.75) is 25.9 Å². The second-order valence-corrected chi connectivity index (χ2v) is 5.74. The van der Waals surface area contributed by atoms with E-state index in [1.807, 2.05) is 30.4 Å². The Bertz CT molecular complexity index is 674. The lowest BCUT2D eigenvalue weighted by Gasteiger charge is -2.17. The van der Waals surface area contributed by atoms with Crippen LogP contribution in [0.5, 0.6) is 11.5 Å². The third-order valence-corrected chi connectivity index (χ3v) is 3.97. The number of carbonyl (C=O) groups excluding carboxylic acids is 1. The monoisotopic (exact) mass is 329 g/mol. The van der Waals surface area contributed by atoms with E-state index in [0.29, 0.717) is 17.2 Å². The van der Waals surface area contributed by atoms with Crippen molar-refractivity contribution >= 4 is 11.6 Å². The zero-order chi connectivity index (χ0) is 17.5. The number of hydrogen-bond donors (Lipinski definition) is 2. The van der Waals surface area contributed by atoms with Gasteiger partial charge in [-0.15, -0.1) is 0 Å². The molecule has 0 saturated heterocycles. The normalized spacial score (nSPS) is 13.0. The molecule has 2 aromatic rings. The van der Waals surface area contributed by atoms with E-state index in [4.69, 9.17) is 9.47 Å². The van der Waals surface area contributed by atoms with Gasteiger partial charge in [-0.3, -0.25) is 4.79 Å². The number of benzene rings is 2. The topological polar surface area (TPSA) is 64.2 Å². The Kier molecular flexibility index (Phi) is 6.21. The lowest BCUT2D eigenvalue weighted by Crippen LogP contribution is -2.91. The number of hydrogen-bond acceptors (Lipinski definition) is 3. The van der Waals surface area contributed by atoms with Crippen LogP contribution in [0.4, 0.5) is 5.69 Å². The molecule has 0 radical (unpaired) electrons. The van der Waals surface area contributed by atoms with Gasteiger partial charge in [0.2, 0.25) is 0 Å². The van der Waals surface area contributed by atoms with Gasteiger partial charge in [0.25, 0.3) is 5.91 Å². The van der Waals surface area contributed by atoms with Gasteiger partial charge in [0.05, 0.1) is 14.2 Å². The fourth-order valence-electron chi connectivity index (χ4n) is 2.56. The Hall–Kier alpha value is -2.53. The average Bonchev–Trinajstić information content (AvgIpc) is 2.62. The van der Waals surface area contributed by atoms with Crippen molar-refractivity contribution in [3.63, 3.8) is 0 Å². The fourth-order valence-corrected chi connectivity index (χ4v) is 2.56. The maximum atomic E-state index is 12.4. The highest BCUT2D eigenvalue weighted by Crippen LogP contribution is 2.29. The molecule has 0 aromatic heterocycles. The molecule has 2 atom stereocenters. The molecule has 0 unspecified atom stereocenters. The van der Waals surface area contributed by atoms with Gasteiger partial charge in [0, 0.05) is 17.3 Å². The van der Waals surface area contributed by atoms with E-state index >= 15 is 0 Å². The molecule has 0 aliphatic rings. The summed E-state index contributed by atoms with van der Waals surface area (Å²) < 4.78 is 10.5. The van der Waals surface area contributed by atoms with Crippen LogP contribution < -0.4 is 20.1 Å². The maximum Gasteiger partial charge on any atom is 0.282 e. The van der Waals surface area contributed by atoms with Crippen LogP contribution in [0.3, 0.4) is 0 Å². The molecule has 24 heavy (non-hydrogen) atoms. The first-order valence-electron chi connectivity index (χ1n) is 7.98. The number of anilines is 1. The number of nitrogens with one attached hydrogen (secondary N) is 1. The second kappa shape index (κ2) is 8.36. The van der Waals surface area contributed by atoms with Gasteiger partial charge in [-0.05, 0) is 26.0 Å². The van der Waals surface area contributed by atoms with Gasteiger partial charge in [0.1, 0.15) is 6.04 Å². The number of methoxy groups -OCH3 is 2. The Morgan fingerprint density at radius 3 is 2.29 bits per heavy atom. The van der Waals surface area contributed by atoms with E-state index in [9.17, 15) is 4.79 Å². The number of carbonyl (C=O) groups is 1. The Labute approximate surface area is 143 Å². The maximum absolute atomic E-state index is 12.4. The largest absolute Gasteiger partial charge is 0.493 e. The van der Waals surface area contributed by atoms with E-state index < -0.39 is 0 Å². The summed E-state index contributed by atoms with van der Waals surface area (Å²) in [6.07, 6.45) is 0. The van der Waals surface area contributed by atoms with Crippen LogP contribution >= 0.6 is 0 Å². The van der Waals surface area contributed by atoms with Crippen molar-refractivity contribution in [2.75, 3.05) is 19.5 Å². The molecule has 2 aromatic carbocycles. The predicted octanol–water partition coefficient (Wildman–Crippen LogP) is 2.36. The molecule has 0 saturated carbocycles. The van der Waals surface area contributed by atoms with Crippen LogP contribution in [0.1, 0.15) is 25.5 Å². The number of amides is 1. The highest BCUT2D eigenvalue weighted by molar-refractivity contribution is 5.93. The molecule has 3 N–H and O–H groups in total. The van der Waals surface area contributed by atoms with Crippen LogP contribution in [-0.2, 0) is 4.79 Å². The van der Waals surface area contributed by atoms with Crippen LogP contribution in [0, 0.1) is 0 Å². The minimum absolute atomic E-state index is 0.0509. The first kappa shape index (κ1) is 17.8. The molecule has 0 aliphatic carbocycles. The van der Waals surface area contributed by atoms with Crippen molar-refractivity contribution in [3.8, 4) is 11.5 Å². The highest BCUT2D eigenvalue weighted by atomic mass is 16.5. The lowest BCUT2D eigenvalue weighted by molar-refractivity contribution is -0.709. The number of nitrogens with two attached hydrogens (primary N) is 1. The van der Waals surface area contributed by atoms with Crippen molar-refractivity contribution < 1.29 is 19.6 Å². The first-order valence-corrected chi connectivity index (χ1v) is 7.98. The SMILES string of the molecule is COc1ccc(NC(=O)[C@@H](C)[NH2+][C@H](C)c2ccccc2)cc1OC. The third-order valence-electron chi connectivity index (χ3n) is 3.97. The average molecular weight is 329 g/mol. The van der Waals surface area contributed by atoms with E-state index in [1.54, 1.807) is 32.4 Å². The fraction of sp³-hybridized carbons (Fsp3) is 0.316. The zero-order valence-electron chi connectivity index (χ0n) is 14.6. The summed E-state index contributed by atoms with van der Waals surface area (Å²) in [7, 11) is 3.15. The van der Waals surface area contributed by atoms with E-state index in [1.165, 1.54) is 5.56 Å². The lowest BCUT2D eigenvalue weighted by atomic mass is 10.1. The molecular weight excluding hydrogens is 304 g/mol. The summed E-state index contributed by atoms with van der Waals surface area (Å²) in [5, 5.41) is 4.97.